The van der Waals surface area contributed by atoms with Crippen LogP contribution in [0.3, 0.4) is 0 Å². The lowest BCUT2D eigenvalue weighted by molar-refractivity contribution is -0.144. The van der Waals surface area contributed by atoms with Gasteiger partial charge in [0.2, 0.25) is 0 Å². The predicted molar refractivity (Wildman–Crippen MR) is 85.2 cm³/mol. The highest BCUT2D eigenvalue weighted by molar-refractivity contribution is 5.36. The van der Waals surface area contributed by atoms with Crippen molar-refractivity contribution >= 4 is 6.47 Å². The largest absolute Gasteiger partial charge is 0.452 e. The molecular weight excluding hydrogens is 280 g/mol. The fraction of sp³-hybridized carbons (Fsp3) is 0.706. The van der Waals surface area contributed by atoms with E-state index >= 15 is 0 Å². The summed E-state index contributed by atoms with van der Waals surface area (Å²) in [5.41, 5.74) is 1.14. The van der Waals surface area contributed by atoms with Crippen molar-refractivity contribution in [1.29, 1.82) is 0 Å². The second-order valence-corrected chi connectivity index (χ2v) is 7.50. The van der Waals surface area contributed by atoms with Crippen LogP contribution in [0.15, 0.2) is 18.3 Å². The van der Waals surface area contributed by atoms with E-state index in [0.29, 0.717) is 13.1 Å². The van der Waals surface area contributed by atoms with Gasteiger partial charge in [-0.2, -0.15) is 0 Å². The number of carbonyl (C=O) groups is 1. The lowest BCUT2D eigenvalue weighted by Crippen LogP contribution is -2.51. The molecule has 2 rings (SSSR count). The monoisotopic (exact) mass is 308 g/mol. The van der Waals surface area contributed by atoms with Crippen molar-refractivity contribution in [2.75, 3.05) is 13.3 Å². The molecule has 0 bridgehead atoms. The lowest BCUT2D eigenvalue weighted by Gasteiger charge is -2.39. The van der Waals surface area contributed by atoms with E-state index < -0.39 is 0 Å². The predicted octanol–water partition coefficient (Wildman–Crippen LogP) is 2.55. The number of hydrogen-bond donors (Lipinski definition) is 0. The van der Waals surface area contributed by atoms with E-state index in [1.807, 2.05) is 0 Å². The number of aromatic nitrogens is 1. The Morgan fingerprint density at radius 1 is 1.50 bits per heavy atom. The maximum atomic E-state index is 10.6. The fourth-order valence-corrected chi connectivity index (χ4v) is 3.14. The van der Waals surface area contributed by atoms with Crippen molar-refractivity contribution in [2.24, 2.45) is 12.5 Å². The summed E-state index contributed by atoms with van der Waals surface area (Å²) in [7, 11) is 2.06. The van der Waals surface area contributed by atoms with E-state index in [1.165, 1.54) is 5.69 Å². The summed E-state index contributed by atoms with van der Waals surface area (Å²) in [5.74, 6) is 0. The number of aryl methyl sites for hydroxylation is 2. The molecule has 0 amide bonds. The van der Waals surface area contributed by atoms with Gasteiger partial charge in [0.1, 0.15) is 13.0 Å². The zero-order chi connectivity index (χ0) is 16.4. The van der Waals surface area contributed by atoms with Gasteiger partial charge in [0.05, 0.1) is 6.61 Å². The second kappa shape index (κ2) is 6.42. The lowest BCUT2D eigenvalue weighted by atomic mass is 9.89. The van der Waals surface area contributed by atoms with Crippen molar-refractivity contribution < 1.29 is 14.3 Å². The van der Waals surface area contributed by atoms with Gasteiger partial charge in [-0.1, -0.05) is 20.8 Å². The first-order chi connectivity index (χ1) is 10.3. The molecule has 0 aliphatic carbocycles. The summed E-state index contributed by atoms with van der Waals surface area (Å²) in [4.78, 5) is 12.8. The Labute approximate surface area is 133 Å². The highest BCUT2D eigenvalue weighted by Crippen LogP contribution is 2.38. The van der Waals surface area contributed by atoms with Crippen LogP contribution in [0, 0.1) is 5.41 Å². The molecule has 1 aromatic heterocycles. The van der Waals surface area contributed by atoms with Gasteiger partial charge in [0.15, 0.2) is 0 Å². The third-order valence-corrected chi connectivity index (χ3v) is 4.52. The molecule has 2 heterocycles. The molecule has 1 saturated heterocycles. The van der Waals surface area contributed by atoms with Crippen molar-refractivity contribution in [3.63, 3.8) is 0 Å². The van der Waals surface area contributed by atoms with Crippen LogP contribution in [0.1, 0.15) is 39.8 Å². The number of rotatable bonds is 6. The zero-order valence-corrected chi connectivity index (χ0v) is 14.3. The minimum Gasteiger partial charge on any atom is -0.452 e. The molecule has 0 aromatic carbocycles. The van der Waals surface area contributed by atoms with Gasteiger partial charge in [-0.25, -0.2) is 4.90 Å². The first-order valence-electron chi connectivity index (χ1n) is 7.82. The molecule has 0 radical (unpaired) electrons. The molecule has 1 aromatic rings. The van der Waals surface area contributed by atoms with Crippen LogP contribution < -0.4 is 0 Å². The third kappa shape index (κ3) is 3.52. The minimum absolute atomic E-state index is 0.0328. The summed E-state index contributed by atoms with van der Waals surface area (Å²) in [6, 6.07) is 4.21. The summed E-state index contributed by atoms with van der Waals surface area (Å²) >= 11 is 0. The Kier molecular flexibility index (Phi) is 4.97. The molecular formula is C17H28N2O3. The number of carbonyl (C=O) groups excluding carboxylic acids is 1. The fourth-order valence-electron chi connectivity index (χ4n) is 3.14. The molecule has 0 N–H and O–H groups in total. The van der Waals surface area contributed by atoms with Gasteiger partial charge in [-0.15, -0.1) is 0 Å². The molecule has 1 aliphatic rings. The Balaban J connectivity index is 2.11. The summed E-state index contributed by atoms with van der Waals surface area (Å²) in [5, 5.41) is 0. The molecule has 124 valence electrons. The summed E-state index contributed by atoms with van der Waals surface area (Å²) in [6.45, 7) is 10.1. The highest BCUT2D eigenvalue weighted by Gasteiger charge is 2.48. The Morgan fingerprint density at radius 3 is 2.77 bits per heavy atom. The smallest absolute Gasteiger partial charge is 0.294 e. The maximum Gasteiger partial charge on any atom is 0.294 e. The number of hydrogen-bond acceptors (Lipinski definition) is 4. The molecule has 1 aliphatic heterocycles. The van der Waals surface area contributed by atoms with Gasteiger partial charge in [0, 0.05) is 29.9 Å². The van der Waals surface area contributed by atoms with Crippen molar-refractivity contribution in [2.45, 2.75) is 52.3 Å². The Hall–Kier alpha value is -1.33. The van der Waals surface area contributed by atoms with Crippen molar-refractivity contribution in [1.82, 2.24) is 9.47 Å². The topological polar surface area (TPSA) is 43.7 Å². The molecule has 5 nitrogen and oxygen atoms in total. The average Bonchev–Trinajstić information content (AvgIpc) is 2.98. The molecule has 2 atom stereocenters. The van der Waals surface area contributed by atoms with Gasteiger partial charge in [-0.05, 0) is 31.9 Å². The van der Waals surface area contributed by atoms with E-state index in [2.05, 4.69) is 62.5 Å². The van der Waals surface area contributed by atoms with Crippen LogP contribution in [0.5, 0.6) is 0 Å². The van der Waals surface area contributed by atoms with Crippen LogP contribution >= 0.6 is 0 Å². The SMILES string of the molecule is Cn1cccc1CC[C@]1(C)CO[C@H](C(C)(C)C)N1COC=O. The number of nitrogens with zero attached hydrogens (tertiary/aromatic N) is 2. The first-order valence-corrected chi connectivity index (χ1v) is 7.82. The van der Waals surface area contributed by atoms with Crippen LogP contribution in [-0.2, 0) is 27.7 Å². The maximum absolute atomic E-state index is 10.6. The summed E-state index contributed by atoms with van der Waals surface area (Å²) < 4.78 is 13.3. The van der Waals surface area contributed by atoms with Crippen molar-refractivity contribution in [3.8, 4) is 0 Å². The molecule has 1 fully saturated rings. The van der Waals surface area contributed by atoms with E-state index in [4.69, 9.17) is 9.47 Å². The van der Waals surface area contributed by atoms with Crippen LogP contribution in [0.25, 0.3) is 0 Å². The van der Waals surface area contributed by atoms with Crippen molar-refractivity contribution in [3.05, 3.63) is 24.0 Å². The first kappa shape index (κ1) is 17.0. The molecule has 0 saturated carbocycles. The van der Waals surface area contributed by atoms with Crippen LogP contribution in [0.2, 0.25) is 0 Å². The number of ether oxygens (including phenoxy) is 2. The van der Waals surface area contributed by atoms with E-state index in [0.717, 1.165) is 12.8 Å². The van der Waals surface area contributed by atoms with Crippen LogP contribution in [0.4, 0.5) is 0 Å². The average molecular weight is 308 g/mol. The zero-order valence-electron chi connectivity index (χ0n) is 14.3. The van der Waals surface area contributed by atoms with E-state index in [-0.39, 0.29) is 23.9 Å². The quantitative estimate of drug-likeness (QED) is 0.758. The third-order valence-electron chi connectivity index (χ3n) is 4.52. The van der Waals surface area contributed by atoms with Gasteiger partial charge < -0.3 is 14.0 Å². The minimum atomic E-state index is -0.134. The Morgan fingerprint density at radius 2 is 2.23 bits per heavy atom. The Bertz CT molecular complexity index is 506. The van der Waals surface area contributed by atoms with Gasteiger partial charge in [0.25, 0.3) is 6.47 Å². The van der Waals surface area contributed by atoms with Crippen LogP contribution in [-0.4, -0.2) is 41.0 Å². The normalized spacial score (nSPS) is 26.3. The molecule has 5 heteroatoms. The summed E-state index contributed by atoms with van der Waals surface area (Å²) in [6.07, 6.45) is 3.94. The van der Waals surface area contributed by atoms with Gasteiger partial charge >= 0.3 is 0 Å². The highest BCUT2D eigenvalue weighted by atomic mass is 16.6. The van der Waals surface area contributed by atoms with Gasteiger partial charge in [-0.3, -0.25) is 4.79 Å². The second-order valence-electron chi connectivity index (χ2n) is 7.50. The molecule has 0 unspecified atom stereocenters. The molecule has 0 spiro atoms. The molecule has 22 heavy (non-hydrogen) atoms. The van der Waals surface area contributed by atoms with E-state index in [1.54, 1.807) is 0 Å². The van der Waals surface area contributed by atoms with E-state index in [9.17, 15) is 4.79 Å². The standard InChI is InChI=1S/C17H28N2O3/c1-16(2,3)15-19(12-21-13-20)17(4,11-22-15)9-8-14-7-6-10-18(14)5/h6-7,10,13,15H,8-9,11-12H2,1-5H3/t15-,17-/m1/s1.